The van der Waals surface area contributed by atoms with Crippen LogP contribution in [0.5, 0.6) is 0 Å². The average molecular weight is 320 g/mol. The highest BCUT2D eigenvalue weighted by Gasteiger charge is 2.33. The quantitative estimate of drug-likeness (QED) is 0.912. The summed E-state index contributed by atoms with van der Waals surface area (Å²) < 4.78 is 0. The Bertz CT molecular complexity index is 747. The molecule has 0 spiro atoms. The molecule has 0 saturated heterocycles. The van der Waals surface area contributed by atoms with E-state index in [1.807, 2.05) is 6.07 Å². The number of amides is 1. The molecule has 124 valence electrons. The van der Waals surface area contributed by atoms with E-state index in [9.17, 15) is 4.79 Å². The fraction of sp³-hybridized carbons (Fsp3) is 0.381. The molecule has 0 atom stereocenters. The van der Waals surface area contributed by atoms with Crippen molar-refractivity contribution in [2.45, 2.75) is 51.9 Å². The van der Waals surface area contributed by atoms with Crippen LogP contribution in [0.4, 0.5) is 0 Å². The zero-order valence-electron chi connectivity index (χ0n) is 14.2. The predicted molar refractivity (Wildman–Crippen MR) is 95.7 cm³/mol. The molecule has 1 aliphatic carbocycles. The van der Waals surface area contributed by atoms with Crippen molar-refractivity contribution in [1.82, 2.24) is 10.2 Å². The molecule has 0 aromatic heterocycles. The van der Waals surface area contributed by atoms with Crippen molar-refractivity contribution in [3.05, 3.63) is 70.3 Å². The molecule has 3 heteroatoms. The summed E-state index contributed by atoms with van der Waals surface area (Å²) in [6.07, 6.45) is 3.31. The van der Waals surface area contributed by atoms with Gasteiger partial charge in [-0.1, -0.05) is 37.3 Å². The van der Waals surface area contributed by atoms with Gasteiger partial charge in [0.15, 0.2) is 0 Å². The molecule has 3 nitrogen and oxygen atoms in total. The molecule has 1 amide bonds. The van der Waals surface area contributed by atoms with Gasteiger partial charge in [-0.25, -0.2) is 0 Å². The smallest absolute Gasteiger partial charge is 0.254 e. The Hall–Kier alpha value is -2.13. The first-order chi connectivity index (χ1) is 11.7. The lowest BCUT2D eigenvalue weighted by Crippen LogP contribution is -2.32. The maximum atomic E-state index is 13.1. The molecule has 1 heterocycles. The van der Waals surface area contributed by atoms with E-state index in [1.165, 1.54) is 22.3 Å². The number of rotatable bonds is 5. The molecule has 24 heavy (non-hydrogen) atoms. The Kier molecular flexibility index (Phi) is 4.11. The molecule has 0 radical (unpaired) electrons. The first-order valence-corrected chi connectivity index (χ1v) is 8.96. The lowest BCUT2D eigenvalue weighted by Gasteiger charge is -2.23. The number of nitrogens with one attached hydrogen (secondary N) is 1. The molecule has 0 bridgehead atoms. The Morgan fingerprint density at radius 3 is 2.46 bits per heavy atom. The van der Waals surface area contributed by atoms with Crippen LogP contribution in [0.2, 0.25) is 0 Å². The topological polar surface area (TPSA) is 32.3 Å². The van der Waals surface area contributed by atoms with E-state index in [4.69, 9.17) is 0 Å². The van der Waals surface area contributed by atoms with Crippen LogP contribution in [0, 0.1) is 0 Å². The van der Waals surface area contributed by atoms with Crippen LogP contribution in [0.15, 0.2) is 42.5 Å². The molecule has 2 aromatic rings. The monoisotopic (exact) mass is 320 g/mol. The van der Waals surface area contributed by atoms with Gasteiger partial charge in [0.1, 0.15) is 0 Å². The molecule has 2 aliphatic rings. The van der Waals surface area contributed by atoms with Gasteiger partial charge in [-0.3, -0.25) is 4.79 Å². The van der Waals surface area contributed by atoms with E-state index in [2.05, 4.69) is 53.5 Å². The van der Waals surface area contributed by atoms with Gasteiger partial charge in [0.2, 0.25) is 0 Å². The van der Waals surface area contributed by atoms with Crippen molar-refractivity contribution in [2.75, 3.05) is 0 Å². The van der Waals surface area contributed by atoms with Crippen LogP contribution in [0.1, 0.15) is 52.4 Å². The summed E-state index contributed by atoms with van der Waals surface area (Å²) in [6.45, 7) is 4.67. The molecular formula is C21H24N2O. The zero-order chi connectivity index (χ0) is 16.5. The van der Waals surface area contributed by atoms with Gasteiger partial charge >= 0.3 is 0 Å². The van der Waals surface area contributed by atoms with Crippen LogP contribution in [0.3, 0.4) is 0 Å². The van der Waals surface area contributed by atoms with E-state index >= 15 is 0 Å². The summed E-state index contributed by atoms with van der Waals surface area (Å²) >= 11 is 0. The normalized spacial score (nSPS) is 16.0. The van der Waals surface area contributed by atoms with Crippen molar-refractivity contribution in [2.24, 2.45) is 0 Å². The highest BCUT2D eigenvalue weighted by Crippen LogP contribution is 2.30. The van der Waals surface area contributed by atoms with Gasteiger partial charge in [0.25, 0.3) is 5.91 Å². The number of carbonyl (C=O) groups excluding carboxylic acids is 1. The largest absolute Gasteiger partial charge is 0.331 e. The van der Waals surface area contributed by atoms with Crippen molar-refractivity contribution in [3.63, 3.8) is 0 Å². The number of aryl methyl sites for hydroxylation is 1. The Morgan fingerprint density at radius 2 is 1.75 bits per heavy atom. The second kappa shape index (κ2) is 6.40. The lowest BCUT2D eigenvalue weighted by molar-refractivity contribution is 0.0730. The SMILES string of the molecule is CCc1ccc(CN(C(=O)c2ccc3c(c2)CNC3)C2CC2)cc1. The summed E-state index contributed by atoms with van der Waals surface area (Å²) in [4.78, 5) is 15.1. The minimum Gasteiger partial charge on any atom is -0.331 e. The summed E-state index contributed by atoms with van der Waals surface area (Å²) in [5.41, 5.74) is 5.97. The molecule has 1 N–H and O–H groups in total. The zero-order valence-corrected chi connectivity index (χ0v) is 14.2. The van der Waals surface area contributed by atoms with Crippen LogP contribution in [-0.4, -0.2) is 16.8 Å². The van der Waals surface area contributed by atoms with Gasteiger partial charge in [-0.15, -0.1) is 0 Å². The van der Waals surface area contributed by atoms with E-state index in [1.54, 1.807) is 0 Å². The third-order valence-corrected chi connectivity index (χ3v) is 5.12. The molecule has 1 aliphatic heterocycles. The van der Waals surface area contributed by atoms with E-state index in [-0.39, 0.29) is 5.91 Å². The number of hydrogen-bond donors (Lipinski definition) is 1. The number of hydrogen-bond acceptors (Lipinski definition) is 2. The van der Waals surface area contributed by atoms with Crippen LogP contribution in [-0.2, 0) is 26.1 Å². The third kappa shape index (κ3) is 3.09. The lowest BCUT2D eigenvalue weighted by atomic mass is 10.0. The van der Waals surface area contributed by atoms with Gasteiger partial charge in [-0.05, 0) is 53.6 Å². The molecule has 4 rings (SSSR count). The number of fused-ring (bicyclic) bond motifs is 1. The highest BCUT2D eigenvalue weighted by molar-refractivity contribution is 5.95. The van der Waals surface area contributed by atoms with Gasteiger partial charge in [-0.2, -0.15) is 0 Å². The highest BCUT2D eigenvalue weighted by atomic mass is 16.2. The maximum Gasteiger partial charge on any atom is 0.254 e. The van der Waals surface area contributed by atoms with Crippen molar-refractivity contribution in [1.29, 1.82) is 0 Å². The molecule has 2 aromatic carbocycles. The average Bonchev–Trinajstić information content (AvgIpc) is 3.36. The molecule has 0 unspecified atom stereocenters. The fourth-order valence-electron chi connectivity index (χ4n) is 3.42. The number of carbonyl (C=O) groups is 1. The maximum absolute atomic E-state index is 13.1. The Morgan fingerprint density at radius 1 is 1.04 bits per heavy atom. The van der Waals surface area contributed by atoms with Crippen LogP contribution in [0.25, 0.3) is 0 Å². The van der Waals surface area contributed by atoms with Crippen molar-refractivity contribution >= 4 is 5.91 Å². The second-order valence-corrected chi connectivity index (χ2v) is 6.92. The van der Waals surface area contributed by atoms with Crippen molar-refractivity contribution < 1.29 is 4.79 Å². The second-order valence-electron chi connectivity index (χ2n) is 6.92. The molecular weight excluding hydrogens is 296 g/mol. The Balaban J connectivity index is 1.55. The summed E-state index contributed by atoms with van der Waals surface area (Å²) in [5, 5.41) is 3.34. The standard InChI is InChI=1S/C21H24N2O/c1-2-15-3-5-16(6-4-15)14-23(20-9-10-20)21(24)17-7-8-18-12-22-13-19(18)11-17/h3-8,11,20,22H,2,9-10,12-14H2,1H3. The van der Waals surface area contributed by atoms with E-state index in [0.717, 1.165) is 37.9 Å². The minimum absolute atomic E-state index is 0.173. The minimum atomic E-state index is 0.173. The van der Waals surface area contributed by atoms with Gasteiger partial charge in [0, 0.05) is 31.2 Å². The summed E-state index contributed by atoms with van der Waals surface area (Å²) in [5.74, 6) is 0.173. The van der Waals surface area contributed by atoms with Crippen LogP contribution >= 0.6 is 0 Å². The first kappa shape index (κ1) is 15.4. The Labute approximate surface area is 143 Å². The van der Waals surface area contributed by atoms with Gasteiger partial charge < -0.3 is 10.2 Å². The van der Waals surface area contributed by atoms with Crippen LogP contribution < -0.4 is 5.32 Å². The first-order valence-electron chi connectivity index (χ1n) is 8.96. The number of benzene rings is 2. The van der Waals surface area contributed by atoms with Crippen molar-refractivity contribution in [3.8, 4) is 0 Å². The molecule has 1 saturated carbocycles. The summed E-state index contributed by atoms with van der Waals surface area (Å²) in [6, 6.07) is 15.2. The summed E-state index contributed by atoms with van der Waals surface area (Å²) in [7, 11) is 0. The predicted octanol–water partition coefficient (Wildman–Crippen LogP) is 3.66. The van der Waals surface area contributed by atoms with E-state index in [0.29, 0.717) is 12.6 Å². The van der Waals surface area contributed by atoms with E-state index < -0.39 is 0 Å². The third-order valence-electron chi connectivity index (χ3n) is 5.12. The number of nitrogens with zero attached hydrogens (tertiary/aromatic N) is 1. The fourth-order valence-corrected chi connectivity index (χ4v) is 3.42. The van der Waals surface area contributed by atoms with Gasteiger partial charge in [0.05, 0.1) is 0 Å². The molecule has 1 fully saturated rings.